The molecule has 2 aromatic carbocycles. The zero-order valence-electron chi connectivity index (χ0n) is 18.3. The number of likely N-dealkylation sites (tertiary alicyclic amines) is 1. The van der Waals surface area contributed by atoms with Crippen LogP contribution in [0.2, 0.25) is 0 Å². The Labute approximate surface area is 194 Å². The number of benzene rings is 2. The summed E-state index contributed by atoms with van der Waals surface area (Å²) in [5, 5.41) is 7.49. The lowest BCUT2D eigenvalue weighted by Gasteiger charge is -2.26. The van der Waals surface area contributed by atoms with E-state index in [1.165, 1.54) is 24.3 Å². The molecule has 0 aliphatic carbocycles. The average Bonchev–Trinajstić information content (AvgIpc) is 2.99. The molecular weight excluding hydrogens is 449 g/mol. The summed E-state index contributed by atoms with van der Waals surface area (Å²) in [4.78, 5) is 39.7. The zero-order chi connectivity index (χ0) is 24.9. The average molecular weight is 474 g/mol. The van der Waals surface area contributed by atoms with Gasteiger partial charge in [0.1, 0.15) is 12.4 Å². The molecule has 1 atom stereocenters. The molecule has 0 bridgehead atoms. The summed E-state index contributed by atoms with van der Waals surface area (Å²) in [6.45, 7) is -2.22. The number of amidine groups is 1. The van der Waals surface area contributed by atoms with Crippen LogP contribution >= 0.6 is 0 Å². The topological polar surface area (TPSA) is 108 Å². The molecule has 1 heterocycles. The number of amides is 3. The first-order chi connectivity index (χ1) is 16.0. The predicted octanol–water partition coefficient (Wildman–Crippen LogP) is 3.18. The Balaban J connectivity index is 1.78. The van der Waals surface area contributed by atoms with Crippen molar-refractivity contribution >= 4 is 23.6 Å². The molecule has 1 unspecified atom stereocenters. The van der Waals surface area contributed by atoms with E-state index in [0.29, 0.717) is 17.7 Å². The van der Waals surface area contributed by atoms with Crippen LogP contribution in [0.3, 0.4) is 0 Å². The standard InChI is InChI=1S/C24H25F3N4O3/c25-24(26,27)15-30(14-16-6-4-9-19(12-16)21(28)29)22(33)23(34)31-11-5-10-18(13-20(31)32)17-7-2-1-3-8-17/h1-4,6-9,12,18H,5,10-11,13-15H2,(H3,28,29). The smallest absolute Gasteiger partial charge is 0.384 e. The lowest BCUT2D eigenvalue weighted by molar-refractivity contribution is -0.169. The third kappa shape index (κ3) is 6.43. The lowest BCUT2D eigenvalue weighted by atomic mass is 9.92. The molecule has 1 aliphatic rings. The van der Waals surface area contributed by atoms with Gasteiger partial charge in [-0.1, -0.05) is 48.5 Å². The maximum atomic E-state index is 13.2. The predicted molar refractivity (Wildman–Crippen MR) is 119 cm³/mol. The molecule has 0 spiro atoms. The molecule has 0 aromatic heterocycles. The largest absolute Gasteiger partial charge is 0.406 e. The number of nitrogens with zero attached hydrogens (tertiary/aromatic N) is 2. The minimum absolute atomic E-state index is 0.0110. The van der Waals surface area contributed by atoms with E-state index >= 15 is 0 Å². The van der Waals surface area contributed by atoms with Crippen molar-refractivity contribution in [1.29, 1.82) is 5.41 Å². The maximum absolute atomic E-state index is 13.2. The van der Waals surface area contributed by atoms with Crippen molar-refractivity contribution in [3.8, 4) is 0 Å². The first-order valence-corrected chi connectivity index (χ1v) is 10.7. The van der Waals surface area contributed by atoms with Crippen molar-refractivity contribution < 1.29 is 27.6 Å². The first-order valence-electron chi connectivity index (χ1n) is 10.7. The van der Waals surface area contributed by atoms with E-state index in [-0.39, 0.29) is 35.8 Å². The van der Waals surface area contributed by atoms with Gasteiger partial charge in [0, 0.05) is 25.1 Å². The minimum Gasteiger partial charge on any atom is -0.384 e. The number of nitrogen functional groups attached to an aromatic ring is 1. The minimum atomic E-state index is -4.75. The lowest BCUT2D eigenvalue weighted by Crippen LogP contribution is -2.49. The van der Waals surface area contributed by atoms with Crippen LogP contribution in [0.15, 0.2) is 54.6 Å². The van der Waals surface area contributed by atoms with E-state index in [0.717, 1.165) is 10.5 Å². The highest BCUT2D eigenvalue weighted by Gasteiger charge is 2.39. The Morgan fingerprint density at radius 2 is 1.82 bits per heavy atom. The van der Waals surface area contributed by atoms with Crippen molar-refractivity contribution in [2.45, 2.75) is 37.9 Å². The Kier molecular flexibility index (Phi) is 7.70. The fraction of sp³-hybridized carbons (Fsp3) is 0.333. The van der Waals surface area contributed by atoms with Gasteiger partial charge in [-0.25, -0.2) is 0 Å². The van der Waals surface area contributed by atoms with E-state index in [2.05, 4.69) is 0 Å². The normalized spacial score (nSPS) is 16.6. The molecule has 7 nitrogen and oxygen atoms in total. The van der Waals surface area contributed by atoms with Gasteiger partial charge in [0.15, 0.2) is 0 Å². The molecule has 1 saturated heterocycles. The number of alkyl halides is 3. The van der Waals surface area contributed by atoms with Crippen molar-refractivity contribution in [3.63, 3.8) is 0 Å². The van der Waals surface area contributed by atoms with Gasteiger partial charge in [-0.2, -0.15) is 13.2 Å². The second-order valence-electron chi connectivity index (χ2n) is 8.19. The maximum Gasteiger partial charge on any atom is 0.406 e. The molecule has 0 saturated carbocycles. The summed E-state index contributed by atoms with van der Waals surface area (Å²) in [6.07, 6.45) is -3.72. The number of carbonyl (C=O) groups is 3. The van der Waals surface area contributed by atoms with Crippen LogP contribution in [0.1, 0.15) is 41.9 Å². The number of imide groups is 1. The number of hydrogen-bond acceptors (Lipinski definition) is 4. The number of rotatable bonds is 5. The molecular formula is C24H25F3N4O3. The zero-order valence-corrected chi connectivity index (χ0v) is 18.3. The summed E-state index contributed by atoms with van der Waals surface area (Å²) in [5.74, 6) is -3.69. The van der Waals surface area contributed by atoms with Crippen LogP contribution in [0.5, 0.6) is 0 Å². The summed E-state index contributed by atoms with van der Waals surface area (Å²) in [7, 11) is 0. The molecule has 3 amide bonds. The van der Waals surface area contributed by atoms with Gasteiger partial charge in [0.2, 0.25) is 5.91 Å². The number of halogens is 3. The first kappa shape index (κ1) is 24.9. The SMILES string of the molecule is N=C(N)c1cccc(CN(CC(F)(F)F)C(=O)C(=O)N2CCCC(c3ccccc3)CC2=O)c1. The third-order valence-corrected chi connectivity index (χ3v) is 5.62. The summed E-state index contributed by atoms with van der Waals surface area (Å²) in [6, 6.07) is 15.1. The highest BCUT2D eigenvalue weighted by molar-refractivity contribution is 6.37. The van der Waals surface area contributed by atoms with Crippen LogP contribution in [0.4, 0.5) is 13.2 Å². The molecule has 1 fully saturated rings. The van der Waals surface area contributed by atoms with Gasteiger partial charge >= 0.3 is 18.0 Å². The number of hydrogen-bond donors (Lipinski definition) is 2. The van der Waals surface area contributed by atoms with Crippen LogP contribution < -0.4 is 5.73 Å². The Morgan fingerprint density at radius 3 is 2.47 bits per heavy atom. The van der Waals surface area contributed by atoms with Crippen molar-refractivity contribution in [2.75, 3.05) is 13.1 Å². The van der Waals surface area contributed by atoms with E-state index in [1.807, 2.05) is 30.3 Å². The highest BCUT2D eigenvalue weighted by atomic mass is 19.4. The quantitative estimate of drug-likeness (QED) is 0.394. The monoisotopic (exact) mass is 474 g/mol. The van der Waals surface area contributed by atoms with Crippen LogP contribution in [0, 0.1) is 5.41 Å². The van der Waals surface area contributed by atoms with Gasteiger partial charge in [-0.3, -0.25) is 24.7 Å². The molecule has 0 radical (unpaired) electrons. The molecule has 34 heavy (non-hydrogen) atoms. The summed E-state index contributed by atoms with van der Waals surface area (Å²) < 4.78 is 39.7. The van der Waals surface area contributed by atoms with Gasteiger partial charge in [-0.15, -0.1) is 0 Å². The third-order valence-electron chi connectivity index (χ3n) is 5.62. The van der Waals surface area contributed by atoms with Crippen LogP contribution in [-0.4, -0.2) is 52.6 Å². The van der Waals surface area contributed by atoms with Crippen molar-refractivity contribution in [1.82, 2.24) is 9.80 Å². The Hall–Kier alpha value is -3.69. The van der Waals surface area contributed by atoms with Gasteiger partial charge in [-0.05, 0) is 36.0 Å². The summed E-state index contributed by atoms with van der Waals surface area (Å²) in [5.41, 5.74) is 6.90. The molecule has 2 aromatic rings. The Morgan fingerprint density at radius 1 is 1.12 bits per heavy atom. The number of carbonyl (C=O) groups excluding carboxylic acids is 3. The van der Waals surface area contributed by atoms with E-state index < -0.39 is 37.0 Å². The number of nitrogens with one attached hydrogen (secondary N) is 1. The number of nitrogens with two attached hydrogens (primary N) is 1. The van der Waals surface area contributed by atoms with Gasteiger partial charge in [0.05, 0.1) is 0 Å². The second-order valence-corrected chi connectivity index (χ2v) is 8.19. The molecule has 1 aliphatic heterocycles. The molecule has 180 valence electrons. The van der Waals surface area contributed by atoms with Gasteiger partial charge in [0.25, 0.3) is 0 Å². The van der Waals surface area contributed by atoms with Crippen molar-refractivity contribution in [2.24, 2.45) is 5.73 Å². The van der Waals surface area contributed by atoms with E-state index in [1.54, 1.807) is 0 Å². The van der Waals surface area contributed by atoms with E-state index in [4.69, 9.17) is 11.1 Å². The summed E-state index contributed by atoms with van der Waals surface area (Å²) >= 11 is 0. The van der Waals surface area contributed by atoms with E-state index in [9.17, 15) is 27.6 Å². The van der Waals surface area contributed by atoms with Crippen molar-refractivity contribution in [3.05, 3.63) is 71.3 Å². The fourth-order valence-corrected chi connectivity index (χ4v) is 3.99. The highest BCUT2D eigenvalue weighted by Crippen LogP contribution is 2.29. The second kappa shape index (κ2) is 10.5. The molecule has 3 rings (SSSR count). The van der Waals surface area contributed by atoms with Crippen LogP contribution in [-0.2, 0) is 20.9 Å². The fourth-order valence-electron chi connectivity index (χ4n) is 3.99. The Bertz CT molecular complexity index is 1070. The molecule has 10 heteroatoms. The molecule has 3 N–H and O–H groups in total. The van der Waals surface area contributed by atoms with Gasteiger partial charge < -0.3 is 10.6 Å². The van der Waals surface area contributed by atoms with Crippen LogP contribution in [0.25, 0.3) is 0 Å².